The van der Waals surface area contributed by atoms with E-state index in [0.29, 0.717) is 6.04 Å². The lowest BCUT2D eigenvalue weighted by molar-refractivity contribution is 0.514. The van der Waals surface area contributed by atoms with E-state index in [1.807, 2.05) is 12.3 Å². The van der Waals surface area contributed by atoms with Crippen molar-refractivity contribution >= 4 is 5.82 Å². The smallest absolute Gasteiger partial charge is 0.131 e. The average molecular weight is 261 g/mol. The molecular formula is C16H27N3. The van der Waals surface area contributed by atoms with Crippen LogP contribution in [-0.4, -0.2) is 24.1 Å². The van der Waals surface area contributed by atoms with Gasteiger partial charge in [-0.2, -0.15) is 0 Å². The van der Waals surface area contributed by atoms with Crippen molar-refractivity contribution in [3.8, 4) is 0 Å². The molecule has 2 N–H and O–H groups in total. The maximum absolute atomic E-state index is 5.71. The summed E-state index contributed by atoms with van der Waals surface area (Å²) in [5, 5.41) is 0. The highest BCUT2D eigenvalue weighted by Crippen LogP contribution is 2.27. The van der Waals surface area contributed by atoms with E-state index in [2.05, 4.69) is 22.9 Å². The lowest BCUT2D eigenvalue weighted by Crippen LogP contribution is -2.37. The van der Waals surface area contributed by atoms with Crippen molar-refractivity contribution in [1.82, 2.24) is 4.98 Å². The number of nitrogens with two attached hydrogens (primary N) is 1. The van der Waals surface area contributed by atoms with E-state index in [4.69, 9.17) is 5.73 Å². The number of pyridine rings is 1. The molecule has 0 aliphatic heterocycles. The first-order valence-electron chi connectivity index (χ1n) is 7.71. The summed E-state index contributed by atoms with van der Waals surface area (Å²) in [5.74, 6) is 1.17. The Morgan fingerprint density at radius 3 is 2.63 bits per heavy atom. The first kappa shape index (κ1) is 14.3. The molecule has 0 atom stereocenters. The van der Waals surface area contributed by atoms with Gasteiger partial charge in [-0.1, -0.05) is 31.7 Å². The summed E-state index contributed by atoms with van der Waals surface area (Å²) >= 11 is 0. The van der Waals surface area contributed by atoms with E-state index in [9.17, 15) is 0 Å². The van der Waals surface area contributed by atoms with Gasteiger partial charge in [0.05, 0.1) is 0 Å². The third kappa shape index (κ3) is 3.93. The Kier molecular flexibility index (Phi) is 5.64. The molecule has 1 fully saturated rings. The minimum Gasteiger partial charge on any atom is -0.353 e. The summed E-state index contributed by atoms with van der Waals surface area (Å²) in [6, 6.07) is 4.84. The lowest BCUT2D eigenvalue weighted by atomic mass is 10.1. The Hall–Kier alpha value is -1.09. The normalized spacial score (nSPS) is 17.2. The summed E-state index contributed by atoms with van der Waals surface area (Å²) in [7, 11) is 0. The Balaban J connectivity index is 2.16. The first-order valence-corrected chi connectivity index (χ1v) is 7.71. The molecule has 0 bridgehead atoms. The third-order valence-corrected chi connectivity index (χ3v) is 4.12. The lowest BCUT2D eigenvalue weighted by Gasteiger charge is -2.33. The Morgan fingerprint density at radius 1 is 1.26 bits per heavy atom. The van der Waals surface area contributed by atoms with Crippen LogP contribution in [0.1, 0.15) is 50.5 Å². The highest BCUT2D eigenvalue weighted by atomic mass is 15.2. The summed E-state index contributed by atoms with van der Waals surface area (Å²) < 4.78 is 0. The zero-order chi connectivity index (χ0) is 13.5. The van der Waals surface area contributed by atoms with E-state index < -0.39 is 0 Å². The van der Waals surface area contributed by atoms with E-state index >= 15 is 0 Å². The number of hydrogen-bond acceptors (Lipinski definition) is 3. The van der Waals surface area contributed by atoms with Gasteiger partial charge in [-0.15, -0.1) is 0 Å². The van der Waals surface area contributed by atoms with Gasteiger partial charge in [0.1, 0.15) is 5.82 Å². The predicted octanol–water partition coefficient (Wildman–Crippen LogP) is 3.27. The molecule has 1 aliphatic rings. The largest absolute Gasteiger partial charge is 0.353 e. The van der Waals surface area contributed by atoms with Gasteiger partial charge in [0.15, 0.2) is 0 Å². The van der Waals surface area contributed by atoms with Crippen LogP contribution >= 0.6 is 0 Å². The molecular weight excluding hydrogens is 234 g/mol. The fourth-order valence-corrected chi connectivity index (χ4v) is 3.07. The molecule has 0 amide bonds. The van der Waals surface area contributed by atoms with Gasteiger partial charge in [-0.25, -0.2) is 4.98 Å². The maximum Gasteiger partial charge on any atom is 0.131 e. The minimum atomic E-state index is 0.655. The van der Waals surface area contributed by atoms with Crippen LogP contribution in [-0.2, 0) is 0 Å². The number of anilines is 1. The highest BCUT2D eigenvalue weighted by Gasteiger charge is 2.21. The minimum absolute atomic E-state index is 0.655. The van der Waals surface area contributed by atoms with Crippen molar-refractivity contribution in [2.75, 3.05) is 18.0 Å². The molecule has 1 saturated carbocycles. The molecule has 3 heteroatoms. The van der Waals surface area contributed by atoms with E-state index in [0.717, 1.165) is 19.5 Å². The monoisotopic (exact) mass is 261 g/mol. The van der Waals surface area contributed by atoms with Crippen molar-refractivity contribution < 1.29 is 0 Å². The van der Waals surface area contributed by atoms with Crippen LogP contribution < -0.4 is 10.6 Å². The number of rotatable bonds is 5. The van der Waals surface area contributed by atoms with Crippen LogP contribution in [0.3, 0.4) is 0 Å². The molecule has 0 unspecified atom stereocenters. The van der Waals surface area contributed by atoms with E-state index in [1.54, 1.807) is 0 Å². The molecule has 0 saturated heterocycles. The maximum atomic E-state index is 5.71. The zero-order valence-electron chi connectivity index (χ0n) is 12.1. The molecule has 1 aliphatic carbocycles. The Bertz CT molecular complexity index is 370. The topological polar surface area (TPSA) is 42.2 Å². The van der Waals surface area contributed by atoms with Crippen molar-refractivity contribution in [2.45, 2.75) is 57.9 Å². The number of aromatic nitrogens is 1. The number of nitrogens with zero attached hydrogens (tertiary/aromatic N) is 2. The summed E-state index contributed by atoms with van der Waals surface area (Å²) in [5.41, 5.74) is 6.99. The molecule has 0 spiro atoms. The second kappa shape index (κ2) is 7.49. The Morgan fingerprint density at radius 2 is 2.00 bits per heavy atom. The van der Waals surface area contributed by atoms with Gasteiger partial charge in [0, 0.05) is 18.8 Å². The van der Waals surface area contributed by atoms with Crippen LogP contribution in [0.5, 0.6) is 0 Å². The quantitative estimate of drug-likeness (QED) is 0.827. The van der Waals surface area contributed by atoms with Crippen LogP contribution in [0, 0.1) is 6.92 Å². The van der Waals surface area contributed by atoms with Crippen LogP contribution in [0.15, 0.2) is 18.3 Å². The molecule has 2 rings (SSSR count). The second-order valence-corrected chi connectivity index (χ2v) is 5.62. The second-order valence-electron chi connectivity index (χ2n) is 5.62. The molecule has 19 heavy (non-hydrogen) atoms. The molecule has 1 heterocycles. The van der Waals surface area contributed by atoms with Gasteiger partial charge in [-0.05, 0) is 44.4 Å². The summed E-state index contributed by atoms with van der Waals surface area (Å²) in [6.07, 6.45) is 11.1. The first-order chi connectivity index (χ1) is 9.33. The van der Waals surface area contributed by atoms with Gasteiger partial charge in [0.2, 0.25) is 0 Å². The fraction of sp³-hybridized carbons (Fsp3) is 0.688. The van der Waals surface area contributed by atoms with Crippen LogP contribution in [0.4, 0.5) is 5.82 Å². The van der Waals surface area contributed by atoms with Gasteiger partial charge in [-0.3, -0.25) is 0 Å². The molecule has 0 aromatic carbocycles. The van der Waals surface area contributed by atoms with Crippen LogP contribution in [0.2, 0.25) is 0 Å². The van der Waals surface area contributed by atoms with E-state index in [-0.39, 0.29) is 0 Å². The predicted molar refractivity (Wildman–Crippen MR) is 81.5 cm³/mol. The van der Waals surface area contributed by atoms with Gasteiger partial charge < -0.3 is 10.6 Å². The zero-order valence-corrected chi connectivity index (χ0v) is 12.1. The molecule has 106 valence electrons. The van der Waals surface area contributed by atoms with Gasteiger partial charge in [0.25, 0.3) is 0 Å². The SMILES string of the molecule is Cc1cccnc1N(CCCN)C1CCCCCC1. The van der Waals surface area contributed by atoms with E-state index in [1.165, 1.54) is 49.9 Å². The Labute approximate surface area is 117 Å². The summed E-state index contributed by atoms with van der Waals surface area (Å²) in [4.78, 5) is 7.14. The standard InChI is InChI=1S/C16H27N3/c1-14-8-6-12-18-16(14)19(13-7-11-17)15-9-4-2-3-5-10-15/h6,8,12,15H,2-5,7,9-11,13,17H2,1H3. The molecule has 1 aromatic heterocycles. The fourth-order valence-electron chi connectivity index (χ4n) is 3.07. The van der Waals surface area contributed by atoms with Crippen molar-refractivity contribution in [2.24, 2.45) is 5.73 Å². The average Bonchev–Trinajstić information content (AvgIpc) is 2.70. The number of aryl methyl sites for hydroxylation is 1. The highest BCUT2D eigenvalue weighted by molar-refractivity contribution is 5.46. The van der Waals surface area contributed by atoms with Crippen molar-refractivity contribution in [1.29, 1.82) is 0 Å². The molecule has 3 nitrogen and oxygen atoms in total. The molecule has 0 radical (unpaired) electrons. The van der Waals surface area contributed by atoms with Crippen molar-refractivity contribution in [3.63, 3.8) is 0 Å². The summed E-state index contributed by atoms with van der Waals surface area (Å²) in [6.45, 7) is 3.96. The van der Waals surface area contributed by atoms with Crippen LogP contribution in [0.25, 0.3) is 0 Å². The third-order valence-electron chi connectivity index (χ3n) is 4.12. The molecule has 1 aromatic rings. The number of hydrogen-bond donors (Lipinski definition) is 1. The van der Waals surface area contributed by atoms with Crippen molar-refractivity contribution in [3.05, 3.63) is 23.9 Å². The van der Waals surface area contributed by atoms with Gasteiger partial charge >= 0.3 is 0 Å².